The maximum Gasteiger partial charge on any atom is 2.00 e. The van der Waals surface area contributed by atoms with Crippen molar-refractivity contribution >= 4 is 122 Å². The second kappa shape index (κ2) is 51.8. The van der Waals surface area contributed by atoms with Crippen molar-refractivity contribution in [3.8, 4) is 103 Å². The van der Waals surface area contributed by atoms with E-state index in [2.05, 4.69) is 59.8 Å². The Labute approximate surface area is 724 Å². The molecule has 0 fully saturated rings. The van der Waals surface area contributed by atoms with Crippen LogP contribution in [0.15, 0.2) is 279 Å². The van der Waals surface area contributed by atoms with Crippen LogP contribution in [0.25, 0.3) is 91.1 Å². The third-order valence-corrected chi connectivity index (χ3v) is 14.3. The first-order valence-electron chi connectivity index (χ1n) is 32.1. The van der Waals surface area contributed by atoms with Crippen LogP contribution in [0.2, 0.25) is 41.2 Å². The van der Waals surface area contributed by atoms with Gasteiger partial charge in [-0.2, -0.15) is 10.5 Å². The van der Waals surface area contributed by atoms with Crippen molar-refractivity contribution in [2.45, 2.75) is 0 Å². The van der Waals surface area contributed by atoms with Gasteiger partial charge >= 0.3 is 63.2 Å². The zero-order valence-electron chi connectivity index (χ0n) is 58.9. The van der Waals surface area contributed by atoms with E-state index in [9.17, 15) is 69.1 Å². The van der Waals surface area contributed by atoms with Crippen LogP contribution in [0.1, 0.15) is 11.1 Å². The van der Waals surface area contributed by atoms with Gasteiger partial charge in [0.25, 0.3) is 0 Å². The quantitative estimate of drug-likeness (QED) is 0.0789. The summed E-state index contributed by atoms with van der Waals surface area (Å²) in [5.41, 5.74) is 13.2. The predicted molar refractivity (Wildman–Crippen MR) is 426 cm³/mol. The summed E-state index contributed by atoms with van der Waals surface area (Å²) in [5.74, 6) is 0. The van der Waals surface area contributed by atoms with Gasteiger partial charge in [-0.25, -0.2) is 59.8 Å². The topological polar surface area (TPSA) is 202 Å². The molecular formula is C74H46B4Cl8F16Fe2N14. The van der Waals surface area contributed by atoms with E-state index in [1.54, 1.807) is 72.8 Å². The van der Waals surface area contributed by atoms with Gasteiger partial charge in [-0.1, -0.05) is 202 Å². The summed E-state index contributed by atoms with van der Waals surface area (Å²) in [7, 11) is -24.0. The minimum atomic E-state index is -6.00. The van der Waals surface area contributed by atoms with Crippen LogP contribution in [0.3, 0.4) is 0 Å². The van der Waals surface area contributed by atoms with Crippen LogP contribution >= 0.6 is 92.8 Å². The monoisotopic (exact) mass is 1870 g/mol. The minimum Gasteiger partial charge on any atom is -0.418 e. The number of nitrogens with zero attached hydrogens (tertiary/aromatic N) is 14. The zero-order chi connectivity index (χ0) is 85.4. The van der Waals surface area contributed by atoms with Gasteiger partial charge in [0.05, 0.1) is 114 Å². The third kappa shape index (κ3) is 44.3. The number of benzene rings is 2. The predicted octanol–water partition coefficient (Wildman–Crippen LogP) is 26.4. The third-order valence-electron chi connectivity index (χ3n) is 12.6. The molecule has 0 radical (unpaired) electrons. The van der Waals surface area contributed by atoms with Crippen molar-refractivity contribution < 1.29 is 103 Å². The van der Waals surface area contributed by atoms with Crippen LogP contribution in [-0.2, 0) is 34.1 Å². The van der Waals surface area contributed by atoms with Gasteiger partial charge in [0.1, 0.15) is 41.2 Å². The minimum absolute atomic E-state index is 0. The molecule has 608 valence electrons. The van der Waals surface area contributed by atoms with Gasteiger partial charge in [0.15, 0.2) is 0 Å². The number of hydrogen-bond donors (Lipinski definition) is 0. The molecule has 14 aromatic rings. The van der Waals surface area contributed by atoms with Crippen molar-refractivity contribution in [1.29, 1.82) is 10.5 Å². The van der Waals surface area contributed by atoms with E-state index in [1.807, 2.05) is 218 Å². The van der Waals surface area contributed by atoms with Crippen LogP contribution in [0, 0.1) is 22.7 Å². The number of rotatable bonds is 8. The fraction of sp³-hybridized carbons (Fsp3) is 0. The summed E-state index contributed by atoms with van der Waals surface area (Å²) in [5, 5.41) is 20.1. The Morgan fingerprint density at radius 2 is 0.271 bits per heavy atom. The van der Waals surface area contributed by atoms with E-state index < -0.39 is 29.0 Å². The van der Waals surface area contributed by atoms with Crippen molar-refractivity contribution in [3.05, 3.63) is 331 Å². The van der Waals surface area contributed by atoms with E-state index >= 15 is 0 Å². The molecule has 0 aliphatic heterocycles. The van der Waals surface area contributed by atoms with Crippen LogP contribution in [0.4, 0.5) is 69.1 Å². The van der Waals surface area contributed by atoms with Crippen molar-refractivity contribution in [1.82, 2.24) is 59.8 Å². The standard InChI is InChI=1S/4C15H9Cl2N3.2C7H5N.4BF4.2Fe/c4*16-14-8-2-6-12(19-14)10-4-1-5-11(18-10)13-7-3-9-15(17)20-13;2*8-6-7-4-2-1-3-5-7;4*2-1(3,4)5;;/h4*1-9H;2*1-5H;;;;;;/q;;;;;;4*-1;2*+2. The Bertz CT molecular complexity index is 4620. The Hall–Kier alpha value is -10.3. The molecule has 14 nitrogen and oxygen atoms in total. The average Bonchev–Trinajstić information content (AvgIpc) is 0.844. The molecule has 0 spiro atoms. The SMILES string of the molecule is Clc1cccc(-c2cccc(-c3cccc(Cl)n3)n2)n1.Clc1cccc(-c2cccc(-c3cccc(Cl)n3)n2)n1.Clc1cccc(-c2cccc(-c3cccc(Cl)n3)n2)n1.Clc1cccc(-c2cccc(-c3cccc(Cl)n3)n2)n1.F[B-](F)(F)F.F[B-](F)(F)F.F[B-](F)(F)F.F[B-](F)(F)F.N#Cc1ccccc1.N#Cc1ccccc1.[Fe+2].[Fe+2]. The van der Waals surface area contributed by atoms with Gasteiger partial charge < -0.3 is 69.1 Å². The number of hydrogen-bond acceptors (Lipinski definition) is 14. The molecule has 0 aliphatic carbocycles. The van der Waals surface area contributed by atoms with E-state index in [0.29, 0.717) is 52.4 Å². The fourth-order valence-electron chi connectivity index (χ4n) is 8.31. The normalized spacial score (nSPS) is 10.2. The number of nitriles is 2. The van der Waals surface area contributed by atoms with Gasteiger partial charge in [0, 0.05) is 0 Å². The van der Waals surface area contributed by atoms with Crippen molar-refractivity contribution in [3.63, 3.8) is 0 Å². The van der Waals surface area contributed by atoms with Crippen LogP contribution < -0.4 is 0 Å². The number of pyridine rings is 12. The molecule has 0 saturated carbocycles. The first-order valence-corrected chi connectivity index (χ1v) is 35.1. The smallest absolute Gasteiger partial charge is 0.418 e. The largest absolute Gasteiger partial charge is 2.00 e. The fourth-order valence-corrected chi connectivity index (χ4v) is 9.62. The van der Waals surface area contributed by atoms with Crippen molar-refractivity contribution in [2.24, 2.45) is 0 Å². The number of halogens is 24. The second-order valence-corrected chi connectivity index (χ2v) is 24.4. The summed E-state index contributed by atoms with van der Waals surface area (Å²) in [4.78, 5) is 52.2. The summed E-state index contributed by atoms with van der Waals surface area (Å²) in [6.45, 7) is 0. The molecule has 12 aromatic heterocycles. The summed E-state index contributed by atoms with van der Waals surface area (Å²) < 4.78 is 156. The summed E-state index contributed by atoms with van der Waals surface area (Å²) in [6, 6.07) is 88.5. The zero-order valence-corrected chi connectivity index (χ0v) is 67.2. The van der Waals surface area contributed by atoms with E-state index in [4.69, 9.17) is 103 Å². The molecular weight excluding hydrogens is 1830 g/mol. The van der Waals surface area contributed by atoms with Crippen LogP contribution in [0.5, 0.6) is 0 Å². The molecule has 2 aromatic carbocycles. The Morgan fingerprint density at radius 3 is 0.364 bits per heavy atom. The molecule has 0 N–H and O–H groups in total. The molecule has 0 atom stereocenters. The molecule has 12 heterocycles. The van der Waals surface area contributed by atoms with Crippen LogP contribution in [-0.4, -0.2) is 88.8 Å². The summed E-state index contributed by atoms with van der Waals surface area (Å²) >= 11 is 47.2. The maximum atomic E-state index is 9.75. The second-order valence-electron chi connectivity index (χ2n) is 21.3. The molecule has 118 heavy (non-hydrogen) atoms. The molecule has 0 saturated heterocycles. The Morgan fingerprint density at radius 1 is 0.169 bits per heavy atom. The molecule has 0 unspecified atom stereocenters. The first kappa shape index (κ1) is 102. The summed E-state index contributed by atoms with van der Waals surface area (Å²) in [6.07, 6.45) is 0. The van der Waals surface area contributed by atoms with E-state index in [-0.39, 0.29) is 34.1 Å². The Kier molecular flexibility index (Phi) is 44.8. The van der Waals surface area contributed by atoms with Gasteiger partial charge in [-0.15, -0.1) is 0 Å². The van der Waals surface area contributed by atoms with Crippen molar-refractivity contribution in [2.75, 3.05) is 0 Å². The Balaban J connectivity index is 0.000000356. The number of aromatic nitrogens is 12. The van der Waals surface area contributed by atoms with E-state index in [1.165, 1.54) is 0 Å². The molecule has 0 amide bonds. The first-order chi connectivity index (χ1) is 54.7. The molecule has 0 bridgehead atoms. The van der Waals surface area contributed by atoms with Gasteiger partial charge in [0.2, 0.25) is 0 Å². The molecule has 14 rings (SSSR count). The average molecular weight is 1870 g/mol. The van der Waals surface area contributed by atoms with Gasteiger partial charge in [-0.3, -0.25) is 0 Å². The van der Waals surface area contributed by atoms with E-state index in [0.717, 1.165) is 91.1 Å². The van der Waals surface area contributed by atoms with Gasteiger partial charge in [-0.05, 0) is 170 Å². The molecule has 44 heteroatoms. The maximum absolute atomic E-state index is 9.75. The molecule has 0 aliphatic rings.